The van der Waals surface area contributed by atoms with Crippen LogP contribution in [0.3, 0.4) is 0 Å². The van der Waals surface area contributed by atoms with Crippen LogP contribution in [0.4, 0.5) is 5.69 Å². The standard InChI is InChI=1S/C20H25N3O3S2/c1-16(24)21-18-5-9-20(10-6-18)28(25,26)23-13-11-22(12-14-23)15-17-3-7-19(27-2)8-4-17/h3-10H,11-15H2,1-2H3,(H,21,24)/p+1. The van der Waals surface area contributed by atoms with Crippen molar-refractivity contribution in [1.29, 1.82) is 0 Å². The average Bonchev–Trinajstić information content (AvgIpc) is 2.69. The van der Waals surface area contributed by atoms with E-state index in [1.165, 1.54) is 22.3 Å². The molecular weight excluding hydrogens is 394 g/mol. The maximum atomic E-state index is 12.9. The number of hydrogen-bond acceptors (Lipinski definition) is 4. The Kier molecular flexibility index (Phi) is 6.77. The predicted molar refractivity (Wildman–Crippen MR) is 112 cm³/mol. The van der Waals surface area contributed by atoms with Crippen molar-refractivity contribution in [3.05, 3.63) is 54.1 Å². The summed E-state index contributed by atoms with van der Waals surface area (Å²) in [7, 11) is -3.51. The normalized spacial score (nSPS) is 16.1. The molecule has 0 radical (unpaired) electrons. The molecule has 0 aliphatic carbocycles. The SMILES string of the molecule is CSc1ccc(C[NH+]2CCN(S(=O)(=O)c3ccc(NC(C)=O)cc3)CC2)cc1. The summed E-state index contributed by atoms with van der Waals surface area (Å²) in [5.74, 6) is -0.183. The predicted octanol–water partition coefficient (Wildman–Crippen LogP) is 1.46. The number of thioether (sulfide) groups is 1. The number of carbonyl (C=O) groups is 1. The summed E-state index contributed by atoms with van der Waals surface area (Å²) in [6.07, 6.45) is 2.06. The van der Waals surface area contributed by atoms with E-state index in [4.69, 9.17) is 0 Å². The van der Waals surface area contributed by atoms with E-state index in [0.29, 0.717) is 18.8 Å². The molecule has 6 nitrogen and oxygen atoms in total. The van der Waals surface area contributed by atoms with Crippen molar-refractivity contribution in [3.63, 3.8) is 0 Å². The first-order valence-electron chi connectivity index (χ1n) is 9.23. The van der Waals surface area contributed by atoms with Gasteiger partial charge in [-0.3, -0.25) is 4.79 Å². The quantitative estimate of drug-likeness (QED) is 0.694. The molecule has 2 aromatic carbocycles. The van der Waals surface area contributed by atoms with Gasteiger partial charge >= 0.3 is 0 Å². The molecule has 28 heavy (non-hydrogen) atoms. The maximum absolute atomic E-state index is 12.9. The zero-order valence-electron chi connectivity index (χ0n) is 16.1. The third kappa shape index (κ3) is 5.14. The van der Waals surface area contributed by atoms with Crippen LogP contribution in [0.25, 0.3) is 0 Å². The largest absolute Gasteiger partial charge is 0.329 e. The number of anilines is 1. The number of piperazine rings is 1. The van der Waals surface area contributed by atoms with Gasteiger partial charge in [0.25, 0.3) is 0 Å². The van der Waals surface area contributed by atoms with Gasteiger partial charge in [-0.1, -0.05) is 12.1 Å². The second kappa shape index (κ2) is 9.09. The van der Waals surface area contributed by atoms with Crippen molar-refractivity contribution in [1.82, 2.24) is 4.31 Å². The molecule has 2 N–H and O–H groups in total. The lowest BCUT2D eigenvalue weighted by molar-refractivity contribution is -0.917. The smallest absolute Gasteiger partial charge is 0.243 e. The molecule has 150 valence electrons. The first kappa shape index (κ1) is 20.9. The monoisotopic (exact) mass is 420 g/mol. The Hall–Kier alpha value is -1.87. The van der Waals surface area contributed by atoms with Gasteiger partial charge in [-0.05, 0) is 42.7 Å². The summed E-state index contributed by atoms with van der Waals surface area (Å²) in [5, 5.41) is 2.65. The molecule has 2 aromatic rings. The second-order valence-corrected chi connectivity index (χ2v) is 9.70. The third-order valence-electron chi connectivity index (χ3n) is 4.86. The van der Waals surface area contributed by atoms with E-state index in [1.54, 1.807) is 40.3 Å². The highest BCUT2D eigenvalue weighted by Gasteiger charge is 2.30. The summed E-state index contributed by atoms with van der Waals surface area (Å²) in [5.41, 5.74) is 1.87. The van der Waals surface area contributed by atoms with Crippen LogP contribution >= 0.6 is 11.8 Å². The summed E-state index contributed by atoms with van der Waals surface area (Å²) >= 11 is 1.73. The minimum atomic E-state index is -3.51. The van der Waals surface area contributed by atoms with E-state index < -0.39 is 10.0 Å². The molecule has 1 saturated heterocycles. The minimum absolute atomic E-state index is 0.183. The number of rotatable bonds is 6. The van der Waals surface area contributed by atoms with Crippen molar-refractivity contribution in [2.75, 3.05) is 37.8 Å². The summed E-state index contributed by atoms with van der Waals surface area (Å²) < 4.78 is 27.3. The number of hydrogen-bond donors (Lipinski definition) is 2. The minimum Gasteiger partial charge on any atom is -0.329 e. The maximum Gasteiger partial charge on any atom is 0.243 e. The summed E-state index contributed by atoms with van der Waals surface area (Å²) in [6, 6.07) is 14.9. The van der Waals surface area contributed by atoms with E-state index in [2.05, 4.69) is 35.8 Å². The van der Waals surface area contributed by atoms with E-state index in [9.17, 15) is 13.2 Å². The molecule has 0 bridgehead atoms. The Labute approximate surface area is 171 Å². The Morgan fingerprint density at radius 3 is 2.21 bits per heavy atom. The Morgan fingerprint density at radius 2 is 1.68 bits per heavy atom. The first-order chi connectivity index (χ1) is 13.4. The van der Waals surface area contributed by atoms with Gasteiger partial charge in [0.1, 0.15) is 6.54 Å². The van der Waals surface area contributed by atoms with Gasteiger partial charge < -0.3 is 10.2 Å². The number of quaternary nitrogens is 1. The molecule has 0 unspecified atom stereocenters. The van der Waals surface area contributed by atoms with Crippen LogP contribution in [0, 0.1) is 0 Å². The van der Waals surface area contributed by atoms with Gasteiger partial charge in [0.15, 0.2) is 0 Å². The number of nitrogens with zero attached hydrogens (tertiary/aromatic N) is 1. The molecule has 0 saturated carbocycles. The summed E-state index contributed by atoms with van der Waals surface area (Å²) in [4.78, 5) is 14.0. The molecule has 3 rings (SSSR count). The topological polar surface area (TPSA) is 70.9 Å². The van der Waals surface area contributed by atoms with Crippen LogP contribution in [0.2, 0.25) is 0 Å². The number of amides is 1. The summed E-state index contributed by atoms with van der Waals surface area (Å²) in [6.45, 7) is 4.92. The number of benzene rings is 2. The van der Waals surface area contributed by atoms with Gasteiger partial charge in [-0.15, -0.1) is 11.8 Å². The lowest BCUT2D eigenvalue weighted by Crippen LogP contribution is -3.13. The van der Waals surface area contributed by atoms with Crippen molar-refractivity contribution in [3.8, 4) is 0 Å². The van der Waals surface area contributed by atoms with E-state index in [0.717, 1.165) is 19.6 Å². The molecular formula is C20H26N3O3S2+. The highest BCUT2D eigenvalue weighted by atomic mass is 32.2. The number of carbonyl (C=O) groups excluding carboxylic acids is 1. The van der Waals surface area contributed by atoms with E-state index >= 15 is 0 Å². The van der Waals surface area contributed by atoms with Crippen molar-refractivity contribution in [2.24, 2.45) is 0 Å². The van der Waals surface area contributed by atoms with Crippen LogP contribution < -0.4 is 10.2 Å². The Balaban J connectivity index is 1.59. The molecule has 1 heterocycles. The molecule has 1 fully saturated rings. The van der Waals surface area contributed by atoms with Crippen LogP contribution in [-0.2, 0) is 21.4 Å². The zero-order valence-corrected chi connectivity index (χ0v) is 17.8. The van der Waals surface area contributed by atoms with Crippen molar-refractivity contribution < 1.29 is 18.1 Å². The van der Waals surface area contributed by atoms with Crippen molar-refractivity contribution in [2.45, 2.75) is 23.3 Å². The van der Waals surface area contributed by atoms with Gasteiger partial charge in [0.05, 0.1) is 31.1 Å². The number of sulfonamides is 1. The van der Waals surface area contributed by atoms with E-state index in [1.807, 2.05) is 0 Å². The van der Waals surface area contributed by atoms with Crippen LogP contribution in [-0.4, -0.2) is 51.1 Å². The molecule has 0 aromatic heterocycles. The van der Waals surface area contributed by atoms with E-state index in [-0.39, 0.29) is 10.8 Å². The molecule has 8 heteroatoms. The van der Waals surface area contributed by atoms with Gasteiger partial charge in [0, 0.05) is 23.1 Å². The van der Waals surface area contributed by atoms with Gasteiger partial charge in [-0.25, -0.2) is 8.42 Å². The Bertz CT molecular complexity index is 905. The molecule has 0 spiro atoms. The molecule has 1 aliphatic heterocycles. The third-order valence-corrected chi connectivity index (χ3v) is 7.51. The molecule has 1 aliphatic rings. The number of nitrogens with one attached hydrogen (secondary N) is 2. The Morgan fingerprint density at radius 1 is 1.07 bits per heavy atom. The lowest BCUT2D eigenvalue weighted by atomic mass is 10.2. The fourth-order valence-corrected chi connectivity index (χ4v) is 5.16. The second-order valence-electron chi connectivity index (χ2n) is 6.88. The molecule has 1 amide bonds. The van der Waals surface area contributed by atoms with Crippen LogP contribution in [0.5, 0.6) is 0 Å². The fourth-order valence-electron chi connectivity index (χ4n) is 3.31. The van der Waals surface area contributed by atoms with Crippen molar-refractivity contribution >= 4 is 33.4 Å². The fraction of sp³-hybridized carbons (Fsp3) is 0.350. The highest BCUT2D eigenvalue weighted by molar-refractivity contribution is 7.98. The highest BCUT2D eigenvalue weighted by Crippen LogP contribution is 2.19. The van der Waals surface area contributed by atoms with Crippen LogP contribution in [0.1, 0.15) is 12.5 Å². The van der Waals surface area contributed by atoms with Gasteiger partial charge in [-0.2, -0.15) is 4.31 Å². The van der Waals surface area contributed by atoms with Gasteiger partial charge in [0.2, 0.25) is 15.9 Å². The average molecular weight is 421 g/mol. The zero-order chi connectivity index (χ0) is 20.1. The lowest BCUT2D eigenvalue weighted by Gasteiger charge is -2.31. The molecule has 0 atom stereocenters. The first-order valence-corrected chi connectivity index (χ1v) is 11.9. The van der Waals surface area contributed by atoms with Crippen LogP contribution in [0.15, 0.2) is 58.3 Å².